The van der Waals surface area contributed by atoms with Gasteiger partial charge in [-0.25, -0.2) is 0 Å². The molecule has 0 aliphatic carbocycles. The van der Waals surface area contributed by atoms with Crippen LogP contribution in [-0.2, 0) is 14.9 Å². The normalized spacial score (nSPS) is 22.8. The smallest absolute Gasteiger partial charge is 0.279 e. The first-order valence-corrected chi connectivity index (χ1v) is 8.51. The van der Waals surface area contributed by atoms with E-state index in [2.05, 4.69) is 27.6 Å². The number of ether oxygens (including phenoxy) is 1. The predicted octanol–water partition coefficient (Wildman–Crippen LogP) is 0.964. The van der Waals surface area contributed by atoms with E-state index in [-0.39, 0.29) is 0 Å². The van der Waals surface area contributed by atoms with Crippen LogP contribution in [0.3, 0.4) is 0 Å². The van der Waals surface area contributed by atoms with Crippen molar-refractivity contribution in [2.24, 2.45) is 5.92 Å². The summed E-state index contributed by atoms with van der Waals surface area (Å²) in [5, 5.41) is 0.767. The molecule has 0 aromatic rings. The van der Waals surface area contributed by atoms with E-state index in [4.69, 9.17) is 4.74 Å². The number of alkyl halides is 1. The van der Waals surface area contributed by atoms with Crippen molar-refractivity contribution in [1.29, 1.82) is 0 Å². The second-order valence-corrected chi connectivity index (χ2v) is 6.85. The zero-order chi connectivity index (χ0) is 12.7. The van der Waals surface area contributed by atoms with Crippen molar-refractivity contribution < 1.29 is 13.2 Å². The molecule has 0 aromatic heterocycles. The second kappa shape index (κ2) is 7.68. The number of rotatable bonds is 7. The number of nitrogens with one attached hydrogen (secondary N) is 1. The lowest BCUT2D eigenvalue weighted by atomic mass is 10.0. The molecule has 1 heterocycles. The van der Waals surface area contributed by atoms with Gasteiger partial charge in [0, 0.05) is 25.0 Å². The van der Waals surface area contributed by atoms with Gasteiger partial charge in [0.15, 0.2) is 0 Å². The third-order valence-electron chi connectivity index (χ3n) is 2.71. The van der Waals surface area contributed by atoms with E-state index in [9.17, 15) is 8.42 Å². The third-order valence-corrected chi connectivity index (χ3v) is 4.62. The van der Waals surface area contributed by atoms with Crippen molar-refractivity contribution in [3.8, 4) is 0 Å². The molecular weight excluding hydrogens is 308 g/mol. The Morgan fingerprint density at radius 3 is 2.88 bits per heavy atom. The molecule has 1 N–H and O–H groups in total. The Balaban J connectivity index is 2.29. The zero-order valence-electron chi connectivity index (χ0n) is 10.2. The molecule has 0 spiro atoms. The molecule has 17 heavy (non-hydrogen) atoms. The van der Waals surface area contributed by atoms with E-state index >= 15 is 0 Å². The molecule has 0 radical (unpaired) electrons. The van der Waals surface area contributed by atoms with Crippen molar-refractivity contribution in [3.05, 3.63) is 0 Å². The van der Waals surface area contributed by atoms with Crippen LogP contribution in [0.2, 0.25) is 0 Å². The molecule has 7 heteroatoms. The fourth-order valence-corrected chi connectivity index (χ4v) is 3.43. The summed E-state index contributed by atoms with van der Waals surface area (Å²) in [5.41, 5.74) is 0. The molecule has 1 saturated heterocycles. The molecule has 1 aliphatic heterocycles. The largest absolute Gasteiger partial charge is 0.379 e. The molecule has 1 aliphatic rings. The first kappa shape index (κ1) is 15.4. The lowest BCUT2D eigenvalue weighted by molar-refractivity contribution is 0.155. The summed E-state index contributed by atoms with van der Waals surface area (Å²) in [5.74, 6) is 0.449. The summed E-state index contributed by atoms with van der Waals surface area (Å²) < 4.78 is 33.1. The summed E-state index contributed by atoms with van der Waals surface area (Å²) in [7, 11) is -3.31. The quantitative estimate of drug-likeness (QED) is 0.559. The van der Waals surface area contributed by atoms with E-state index in [1.807, 2.05) is 0 Å². The maximum Gasteiger partial charge on any atom is 0.279 e. The average molecular weight is 329 g/mol. The van der Waals surface area contributed by atoms with Gasteiger partial charge in [0.25, 0.3) is 10.2 Å². The van der Waals surface area contributed by atoms with Gasteiger partial charge in [-0.1, -0.05) is 22.9 Å². The van der Waals surface area contributed by atoms with Gasteiger partial charge in [-0.3, -0.25) is 0 Å². The van der Waals surface area contributed by atoms with Gasteiger partial charge < -0.3 is 4.74 Å². The van der Waals surface area contributed by atoms with Gasteiger partial charge in [0.1, 0.15) is 0 Å². The fourth-order valence-electron chi connectivity index (χ4n) is 1.86. The lowest BCUT2D eigenvalue weighted by Gasteiger charge is -2.29. The van der Waals surface area contributed by atoms with E-state index in [0.29, 0.717) is 38.8 Å². The number of halogens is 1. The lowest BCUT2D eigenvalue weighted by Crippen LogP contribution is -2.46. The molecule has 0 amide bonds. The van der Waals surface area contributed by atoms with E-state index in [0.717, 1.165) is 18.2 Å². The molecule has 1 unspecified atom stereocenters. The van der Waals surface area contributed by atoms with Crippen LogP contribution >= 0.6 is 15.9 Å². The topological polar surface area (TPSA) is 58.6 Å². The highest BCUT2D eigenvalue weighted by Crippen LogP contribution is 2.17. The number of piperidine rings is 1. The number of hydrogen-bond donors (Lipinski definition) is 1. The minimum absolute atomic E-state index is 0.334. The molecule has 1 atom stereocenters. The Labute approximate surface area is 112 Å². The fraction of sp³-hybridized carbons (Fsp3) is 1.00. The van der Waals surface area contributed by atoms with Crippen LogP contribution in [0.5, 0.6) is 0 Å². The highest BCUT2D eigenvalue weighted by atomic mass is 79.9. The average Bonchev–Trinajstić information content (AvgIpc) is 2.29. The SMILES string of the molecule is CC1CCCN(S(=O)(=O)NCCOCCBr)C1. The van der Waals surface area contributed by atoms with Crippen LogP contribution in [0.4, 0.5) is 0 Å². The summed E-state index contributed by atoms with van der Waals surface area (Å²) in [6.45, 7) is 4.68. The number of nitrogens with zero attached hydrogens (tertiary/aromatic N) is 1. The minimum Gasteiger partial charge on any atom is -0.379 e. The van der Waals surface area contributed by atoms with Crippen LogP contribution in [0.15, 0.2) is 0 Å². The molecule has 5 nitrogen and oxygen atoms in total. The Kier molecular flexibility index (Phi) is 6.94. The van der Waals surface area contributed by atoms with Crippen LogP contribution in [0.25, 0.3) is 0 Å². The standard InChI is InChI=1S/C10H21BrN2O3S/c1-10-3-2-6-13(9-10)17(14,15)12-5-8-16-7-4-11/h10,12H,2-9H2,1H3. The summed E-state index contributed by atoms with van der Waals surface area (Å²) in [6, 6.07) is 0. The highest BCUT2D eigenvalue weighted by molar-refractivity contribution is 9.09. The van der Waals surface area contributed by atoms with Crippen LogP contribution in [0, 0.1) is 5.92 Å². The first-order valence-electron chi connectivity index (χ1n) is 5.94. The molecule has 1 fully saturated rings. The van der Waals surface area contributed by atoms with E-state index in [1.54, 1.807) is 0 Å². The van der Waals surface area contributed by atoms with Gasteiger partial charge in [-0.2, -0.15) is 17.4 Å². The molecule has 102 valence electrons. The van der Waals surface area contributed by atoms with Crippen molar-refractivity contribution in [2.75, 3.05) is 38.2 Å². The van der Waals surface area contributed by atoms with Crippen LogP contribution < -0.4 is 4.72 Å². The van der Waals surface area contributed by atoms with Gasteiger partial charge in [0.2, 0.25) is 0 Å². The van der Waals surface area contributed by atoms with Crippen molar-refractivity contribution in [1.82, 2.24) is 9.03 Å². The van der Waals surface area contributed by atoms with Gasteiger partial charge >= 0.3 is 0 Å². The summed E-state index contributed by atoms with van der Waals surface area (Å²) in [6.07, 6.45) is 2.06. The van der Waals surface area contributed by atoms with Crippen molar-refractivity contribution >= 4 is 26.1 Å². The van der Waals surface area contributed by atoms with Gasteiger partial charge in [0.05, 0.1) is 13.2 Å². The van der Waals surface area contributed by atoms with E-state index in [1.165, 1.54) is 4.31 Å². The predicted molar refractivity (Wildman–Crippen MR) is 71.5 cm³/mol. The molecule has 0 bridgehead atoms. The molecule has 0 aromatic carbocycles. The third kappa shape index (κ3) is 5.65. The maximum atomic E-state index is 11.9. The minimum atomic E-state index is -3.31. The Bertz CT molecular complexity index is 311. The molecule has 1 rings (SSSR count). The van der Waals surface area contributed by atoms with Crippen LogP contribution in [-0.4, -0.2) is 50.9 Å². The van der Waals surface area contributed by atoms with Crippen LogP contribution in [0.1, 0.15) is 19.8 Å². The molecular formula is C10H21BrN2O3S. The second-order valence-electron chi connectivity index (χ2n) is 4.31. The Hall–Kier alpha value is 0.310. The van der Waals surface area contributed by atoms with Crippen molar-refractivity contribution in [3.63, 3.8) is 0 Å². The zero-order valence-corrected chi connectivity index (χ0v) is 12.6. The van der Waals surface area contributed by atoms with Gasteiger partial charge in [-0.15, -0.1) is 0 Å². The maximum absolute atomic E-state index is 11.9. The monoisotopic (exact) mass is 328 g/mol. The highest BCUT2D eigenvalue weighted by Gasteiger charge is 2.26. The van der Waals surface area contributed by atoms with Crippen molar-refractivity contribution in [2.45, 2.75) is 19.8 Å². The van der Waals surface area contributed by atoms with Gasteiger partial charge in [-0.05, 0) is 18.8 Å². The summed E-state index contributed by atoms with van der Waals surface area (Å²) in [4.78, 5) is 0. The Morgan fingerprint density at radius 2 is 2.24 bits per heavy atom. The summed E-state index contributed by atoms with van der Waals surface area (Å²) >= 11 is 3.24. The molecule has 0 saturated carbocycles. The Morgan fingerprint density at radius 1 is 1.47 bits per heavy atom. The first-order chi connectivity index (χ1) is 8.06. The number of hydrogen-bond acceptors (Lipinski definition) is 3. The van der Waals surface area contributed by atoms with E-state index < -0.39 is 10.2 Å².